The first kappa shape index (κ1) is 21.5. The number of thiazole rings is 1. The number of nitrogens with one attached hydrogen (secondary N) is 1. The molecule has 2 heterocycles. The lowest BCUT2D eigenvalue weighted by molar-refractivity contribution is -0.136. The van der Waals surface area contributed by atoms with E-state index in [4.69, 9.17) is 0 Å². The molecular weight excluding hydrogens is 412 g/mol. The number of hydrogen-bond donors (Lipinski definition) is 2. The van der Waals surface area contributed by atoms with Gasteiger partial charge in [-0.3, -0.25) is 9.52 Å². The molecule has 1 aliphatic rings. The number of hydrogen-bond acceptors (Lipinski definition) is 7. The molecule has 29 heavy (non-hydrogen) atoms. The van der Waals surface area contributed by atoms with Crippen LogP contribution in [0.5, 0.6) is 0 Å². The summed E-state index contributed by atoms with van der Waals surface area (Å²) in [6.45, 7) is 6.00. The SMILES string of the molecule is CCC(C)(O)CC(=O)N1CCN(c2ccc(S(=O)(=O)Nc3nccs3)cc2)CC1. The summed E-state index contributed by atoms with van der Waals surface area (Å²) < 4.78 is 27.3. The van der Waals surface area contributed by atoms with Gasteiger partial charge < -0.3 is 14.9 Å². The lowest BCUT2D eigenvalue weighted by Gasteiger charge is -2.37. The molecule has 2 N–H and O–H groups in total. The van der Waals surface area contributed by atoms with Crippen LogP contribution in [0.4, 0.5) is 10.8 Å². The number of carbonyl (C=O) groups excluding carboxylic acids is 1. The molecule has 0 radical (unpaired) electrons. The van der Waals surface area contributed by atoms with Crippen molar-refractivity contribution < 1.29 is 18.3 Å². The Labute approximate surface area is 175 Å². The summed E-state index contributed by atoms with van der Waals surface area (Å²) in [6.07, 6.45) is 2.20. The average Bonchev–Trinajstić information content (AvgIpc) is 3.20. The van der Waals surface area contributed by atoms with Gasteiger partial charge in [0.1, 0.15) is 0 Å². The number of piperazine rings is 1. The second-order valence-electron chi connectivity index (χ2n) is 7.33. The highest BCUT2D eigenvalue weighted by Crippen LogP contribution is 2.23. The van der Waals surface area contributed by atoms with E-state index in [0.717, 1.165) is 5.69 Å². The highest BCUT2D eigenvalue weighted by atomic mass is 32.2. The molecule has 1 unspecified atom stereocenters. The molecule has 3 rings (SSSR count). The molecule has 2 aromatic rings. The quantitative estimate of drug-likeness (QED) is 0.687. The number of anilines is 2. The van der Waals surface area contributed by atoms with E-state index in [1.165, 1.54) is 11.3 Å². The van der Waals surface area contributed by atoms with Crippen LogP contribution in [0.15, 0.2) is 40.7 Å². The summed E-state index contributed by atoms with van der Waals surface area (Å²) in [5.41, 5.74) is -0.0618. The summed E-state index contributed by atoms with van der Waals surface area (Å²) in [5, 5.41) is 12.1. The van der Waals surface area contributed by atoms with Crippen molar-refractivity contribution in [3.8, 4) is 0 Å². The molecule has 1 aliphatic heterocycles. The molecule has 1 saturated heterocycles. The number of nitrogens with zero attached hydrogens (tertiary/aromatic N) is 3. The van der Waals surface area contributed by atoms with Crippen LogP contribution in [0.2, 0.25) is 0 Å². The standard InChI is InChI=1S/C19H26N4O4S2/c1-3-19(2,25)14-17(24)23-11-9-22(10-12-23)15-4-6-16(7-5-15)29(26,27)21-18-20-8-13-28-18/h4-8,13,25H,3,9-12,14H2,1-2H3,(H,20,21). The van der Waals surface area contributed by atoms with Crippen LogP contribution in [0.25, 0.3) is 0 Å². The number of carbonyl (C=O) groups is 1. The molecule has 1 aromatic carbocycles. The number of rotatable bonds is 7. The van der Waals surface area contributed by atoms with E-state index in [0.29, 0.717) is 37.7 Å². The zero-order valence-corrected chi connectivity index (χ0v) is 18.2. The summed E-state index contributed by atoms with van der Waals surface area (Å²) in [4.78, 5) is 20.4. The molecule has 1 aromatic heterocycles. The van der Waals surface area contributed by atoms with Gasteiger partial charge in [-0.2, -0.15) is 0 Å². The van der Waals surface area contributed by atoms with Gasteiger partial charge in [0.05, 0.1) is 16.9 Å². The normalized spacial score (nSPS) is 17.1. The topological polar surface area (TPSA) is 103 Å². The van der Waals surface area contributed by atoms with E-state index < -0.39 is 15.6 Å². The minimum absolute atomic E-state index is 0.0359. The van der Waals surface area contributed by atoms with Gasteiger partial charge in [-0.15, -0.1) is 11.3 Å². The minimum atomic E-state index is -3.67. The predicted molar refractivity (Wildman–Crippen MR) is 114 cm³/mol. The van der Waals surface area contributed by atoms with Gasteiger partial charge in [-0.1, -0.05) is 6.92 Å². The number of aliphatic hydroxyl groups is 1. The van der Waals surface area contributed by atoms with Crippen LogP contribution in [0, 0.1) is 0 Å². The third-order valence-electron chi connectivity index (χ3n) is 5.09. The fourth-order valence-electron chi connectivity index (χ4n) is 3.06. The zero-order chi connectivity index (χ0) is 21.1. The Morgan fingerprint density at radius 3 is 2.45 bits per heavy atom. The Bertz CT molecular complexity index is 920. The first-order chi connectivity index (χ1) is 13.7. The second-order valence-corrected chi connectivity index (χ2v) is 9.91. The first-order valence-electron chi connectivity index (χ1n) is 9.48. The van der Waals surface area contributed by atoms with Crippen molar-refractivity contribution in [2.24, 2.45) is 0 Å². The van der Waals surface area contributed by atoms with Crippen molar-refractivity contribution in [1.29, 1.82) is 0 Å². The molecule has 0 aliphatic carbocycles. The molecule has 0 bridgehead atoms. The Balaban J connectivity index is 1.58. The van der Waals surface area contributed by atoms with E-state index in [2.05, 4.69) is 14.6 Å². The van der Waals surface area contributed by atoms with Gasteiger partial charge in [0.25, 0.3) is 10.0 Å². The van der Waals surface area contributed by atoms with Crippen LogP contribution in [0.3, 0.4) is 0 Å². The van der Waals surface area contributed by atoms with Crippen LogP contribution < -0.4 is 9.62 Å². The van der Waals surface area contributed by atoms with E-state index in [1.807, 2.05) is 6.92 Å². The predicted octanol–water partition coefficient (Wildman–Crippen LogP) is 2.14. The zero-order valence-electron chi connectivity index (χ0n) is 16.5. The van der Waals surface area contributed by atoms with Crippen molar-refractivity contribution in [3.63, 3.8) is 0 Å². The molecule has 1 atom stereocenters. The fourth-order valence-corrected chi connectivity index (χ4v) is 4.85. The van der Waals surface area contributed by atoms with Gasteiger partial charge in [0, 0.05) is 43.4 Å². The van der Waals surface area contributed by atoms with Gasteiger partial charge in [-0.25, -0.2) is 13.4 Å². The van der Waals surface area contributed by atoms with Crippen molar-refractivity contribution in [2.75, 3.05) is 35.8 Å². The highest BCUT2D eigenvalue weighted by molar-refractivity contribution is 7.93. The van der Waals surface area contributed by atoms with Crippen LogP contribution in [-0.2, 0) is 14.8 Å². The van der Waals surface area contributed by atoms with Gasteiger partial charge in [-0.05, 0) is 37.6 Å². The average molecular weight is 439 g/mol. The van der Waals surface area contributed by atoms with Gasteiger partial charge in [0.15, 0.2) is 5.13 Å². The molecule has 1 fully saturated rings. The van der Waals surface area contributed by atoms with Crippen LogP contribution in [0.1, 0.15) is 26.7 Å². The van der Waals surface area contributed by atoms with E-state index in [-0.39, 0.29) is 17.2 Å². The molecular formula is C19H26N4O4S2. The molecule has 10 heteroatoms. The third kappa shape index (κ3) is 5.46. The maximum absolute atomic E-state index is 12.4. The molecule has 0 spiro atoms. The molecule has 158 valence electrons. The maximum atomic E-state index is 12.4. The summed E-state index contributed by atoms with van der Waals surface area (Å²) >= 11 is 1.22. The largest absolute Gasteiger partial charge is 0.390 e. The summed E-state index contributed by atoms with van der Waals surface area (Å²) in [5.74, 6) is -0.0359. The molecule has 1 amide bonds. The monoisotopic (exact) mass is 438 g/mol. The lowest BCUT2D eigenvalue weighted by atomic mass is 9.98. The van der Waals surface area contributed by atoms with Gasteiger partial charge in [0.2, 0.25) is 5.91 Å². The number of aromatic nitrogens is 1. The van der Waals surface area contributed by atoms with Crippen molar-refractivity contribution in [1.82, 2.24) is 9.88 Å². The van der Waals surface area contributed by atoms with E-state index >= 15 is 0 Å². The fraction of sp³-hybridized carbons (Fsp3) is 0.474. The van der Waals surface area contributed by atoms with Crippen molar-refractivity contribution in [3.05, 3.63) is 35.8 Å². The first-order valence-corrected chi connectivity index (χ1v) is 11.8. The number of sulfonamides is 1. The smallest absolute Gasteiger partial charge is 0.263 e. The van der Waals surface area contributed by atoms with Gasteiger partial charge >= 0.3 is 0 Å². The van der Waals surface area contributed by atoms with E-state index in [1.54, 1.807) is 47.7 Å². The van der Waals surface area contributed by atoms with Crippen molar-refractivity contribution in [2.45, 2.75) is 37.2 Å². The highest BCUT2D eigenvalue weighted by Gasteiger charge is 2.28. The maximum Gasteiger partial charge on any atom is 0.263 e. The van der Waals surface area contributed by atoms with Crippen LogP contribution in [-0.4, -0.2) is 61.1 Å². The number of benzene rings is 1. The Morgan fingerprint density at radius 1 is 1.24 bits per heavy atom. The second kappa shape index (κ2) is 8.68. The Kier molecular flexibility index (Phi) is 6.45. The minimum Gasteiger partial charge on any atom is -0.390 e. The lowest BCUT2D eigenvalue weighted by Crippen LogP contribution is -2.50. The summed E-state index contributed by atoms with van der Waals surface area (Å²) in [6, 6.07) is 6.69. The van der Waals surface area contributed by atoms with E-state index in [9.17, 15) is 18.3 Å². The third-order valence-corrected chi connectivity index (χ3v) is 7.26. The van der Waals surface area contributed by atoms with Crippen LogP contribution >= 0.6 is 11.3 Å². The molecule has 0 saturated carbocycles. The van der Waals surface area contributed by atoms with Crippen molar-refractivity contribution >= 4 is 38.1 Å². The Hall–Kier alpha value is -2.17. The summed E-state index contributed by atoms with van der Waals surface area (Å²) in [7, 11) is -3.67. The molecule has 8 nitrogen and oxygen atoms in total. The Morgan fingerprint density at radius 2 is 1.90 bits per heavy atom. The number of amides is 1.